The van der Waals surface area contributed by atoms with E-state index in [9.17, 15) is 4.79 Å². The molecular weight excluding hydrogens is 322 g/mol. The maximum atomic E-state index is 12.0. The van der Waals surface area contributed by atoms with Gasteiger partial charge in [0.25, 0.3) is 0 Å². The van der Waals surface area contributed by atoms with Crippen LogP contribution in [0.1, 0.15) is 32.1 Å². The Labute approximate surface area is 146 Å². The summed E-state index contributed by atoms with van der Waals surface area (Å²) in [5.74, 6) is 7.61. The van der Waals surface area contributed by atoms with Crippen LogP contribution in [0.15, 0.2) is 35.5 Å². The highest BCUT2D eigenvalue weighted by Crippen LogP contribution is 2.23. The number of hydrogen-bond donors (Lipinski definition) is 2. The molecule has 6 nitrogen and oxygen atoms in total. The average molecular weight is 345 g/mol. The molecule has 0 atom stereocenters. The molecule has 7 heteroatoms. The third-order valence-corrected chi connectivity index (χ3v) is 5.28. The summed E-state index contributed by atoms with van der Waals surface area (Å²) in [6.45, 7) is 0.782. The maximum Gasteiger partial charge on any atom is 0.230 e. The Hall–Kier alpha value is -2.02. The van der Waals surface area contributed by atoms with Crippen LogP contribution in [-0.2, 0) is 4.79 Å². The number of carbonyl (C=O) groups excluding carboxylic acids is 1. The Morgan fingerprint density at radius 2 is 1.96 bits per heavy atom. The zero-order chi connectivity index (χ0) is 16.8. The molecule has 0 bridgehead atoms. The van der Waals surface area contributed by atoms with Gasteiger partial charge < -0.3 is 11.2 Å². The molecule has 1 aliphatic rings. The molecule has 1 saturated carbocycles. The van der Waals surface area contributed by atoms with Crippen molar-refractivity contribution in [3.63, 3.8) is 0 Å². The minimum Gasteiger partial charge on any atom is -0.355 e. The fraction of sp³-hybridized carbons (Fsp3) is 0.471. The lowest BCUT2D eigenvalue weighted by molar-refractivity contribution is -0.118. The van der Waals surface area contributed by atoms with E-state index in [2.05, 4.69) is 15.5 Å². The van der Waals surface area contributed by atoms with E-state index in [1.165, 1.54) is 48.5 Å². The summed E-state index contributed by atoms with van der Waals surface area (Å²) in [4.78, 5) is 12.0. The fourth-order valence-electron chi connectivity index (χ4n) is 2.99. The molecule has 3 rings (SSSR count). The number of aromatic nitrogens is 3. The van der Waals surface area contributed by atoms with Crippen molar-refractivity contribution in [1.29, 1.82) is 0 Å². The van der Waals surface area contributed by atoms with E-state index < -0.39 is 0 Å². The molecule has 0 spiro atoms. The number of hydrogen-bond acceptors (Lipinski definition) is 5. The lowest BCUT2D eigenvalue weighted by Crippen LogP contribution is -2.31. The fourth-order valence-corrected chi connectivity index (χ4v) is 3.68. The van der Waals surface area contributed by atoms with Crippen molar-refractivity contribution in [2.24, 2.45) is 5.92 Å². The molecular formula is C17H23N5OS. The van der Waals surface area contributed by atoms with E-state index in [1.54, 1.807) is 0 Å². The molecule has 1 aromatic carbocycles. The number of rotatable bonds is 6. The van der Waals surface area contributed by atoms with Gasteiger partial charge in [-0.1, -0.05) is 61.4 Å². The molecule has 1 fully saturated rings. The van der Waals surface area contributed by atoms with Crippen molar-refractivity contribution in [2.75, 3.05) is 18.1 Å². The number of nitrogen functional groups attached to an aromatic ring is 1. The second kappa shape index (κ2) is 8.19. The molecule has 1 amide bonds. The highest BCUT2D eigenvalue weighted by Gasteiger charge is 2.16. The van der Waals surface area contributed by atoms with Crippen molar-refractivity contribution in [2.45, 2.75) is 37.3 Å². The molecule has 0 saturated heterocycles. The highest BCUT2D eigenvalue weighted by molar-refractivity contribution is 7.99. The Bertz CT molecular complexity index is 667. The number of nitrogens with zero attached hydrogens (tertiary/aromatic N) is 3. The number of thioether (sulfide) groups is 1. The van der Waals surface area contributed by atoms with E-state index in [0.29, 0.717) is 22.7 Å². The second-order valence-corrected chi connectivity index (χ2v) is 7.08. The van der Waals surface area contributed by atoms with Gasteiger partial charge in [0.15, 0.2) is 5.82 Å². The third-order valence-electron chi connectivity index (χ3n) is 4.34. The quantitative estimate of drug-likeness (QED) is 0.620. The van der Waals surface area contributed by atoms with Crippen molar-refractivity contribution in [3.8, 4) is 11.4 Å². The molecule has 1 heterocycles. The summed E-state index contributed by atoms with van der Waals surface area (Å²) in [5.41, 5.74) is 0.904. The van der Waals surface area contributed by atoms with E-state index in [1.807, 2.05) is 30.3 Å². The van der Waals surface area contributed by atoms with E-state index in [4.69, 9.17) is 5.84 Å². The maximum absolute atomic E-state index is 12.0. The third kappa shape index (κ3) is 4.29. The first-order valence-corrected chi connectivity index (χ1v) is 9.38. The molecule has 128 valence electrons. The van der Waals surface area contributed by atoms with Gasteiger partial charge in [0.2, 0.25) is 11.1 Å². The topological polar surface area (TPSA) is 85.8 Å². The number of amides is 1. The van der Waals surface area contributed by atoms with Crippen LogP contribution < -0.4 is 11.2 Å². The van der Waals surface area contributed by atoms with Crippen LogP contribution in [0, 0.1) is 5.92 Å². The number of nitrogens with one attached hydrogen (secondary N) is 1. The lowest BCUT2D eigenvalue weighted by atomic mass is 9.89. The lowest BCUT2D eigenvalue weighted by Gasteiger charge is -2.21. The Balaban J connectivity index is 1.49. The van der Waals surface area contributed by atoms with Crippen LogP contribution in [0.2, 0.25) is 0 Å². The van der Waals surface area contributed by atoms with Gasteiger partial charge in [0.1, 0.15) is 0 Å². The van der Waals surface area contributed by atoms with Crippen LogP contribution >= 0.6 is 11.8 Å². The van der Waals surface area contributed by atoms with Gasteiger partial charge in [-0.05, 0) is 18.8 Å². The number of benzene rings is 1. The van der Waals surface area contributed by atoms with Crippen molar-refractivity contribution in [3.05, 3.63) is 30.3 Å². The first-order chi connectivity index (χ1) is 11.7. The smallest absolute Gasteiger partial charge is 0.230 e. The van der Waals surface area contributed by atoms with Gasteiger partial charge in [0, 0.05) is 12.1 Å². The van der Waals surface area contributed by atoms with E-state index in [0.717, 1.165) is 12.1 Å². The average Bonchev–Trinajstić information content (AvgIpc) is 3.00. The van der Waals surface area contributed by atoms with Gasteiger partial charge in [-0.2, -0.15) is 0 Å². The van der Waals surface area contributed by atoms with Gasteiger partial charge >= 0.3 is 0 Å². The minimum absolute atomic E-state index is 0.0230. The molecule has 2 aromatic rings. The van der Waals surface area contributed by atoms with Crippen molar-refractivity contribution < 1.29 is 4.79 Å². The second-order valence-electron chi connectivity index (χ2n) is 6.14. The Morgan fingerprint density at radius 3 is 2.71 bits per heavy atom. The normalized spacial score (nSPS) is 15.3. The SMILES string of the molecule is Nn1c(SCC(=O)NCC2CCCCC2)nnc1-c1ccccc1. The van der Waals surface area contributed by atoms with Gasteiger partial charge in [-0.15, -0.1) is 10.2 Å². The standard InChI is InChI=1S/C17H23N5OS/c18-22-16(14-9-5-2-6-10-14)20-21-17(22)24-12-15(23)19-11-13-7-3-1-4-8-13/h2,5-6,9-10,13H,1,3-4,7-8,11-12,18H2,(H,19,23). The van der Waals surface area contributed by atoms with Crippen LogP contribution in [0.3, 0.4) is 0 Å². The van der Waals surface area contributed by atoms with Crippen LogP contribution in [0.5, 0.6) is 0 Å². The summed E-state index contributed by atoms with van der Waals surface area (Å²) < 4.78 is 1.44. The van der Waals surface area contributed by atoms with Crippen molar-refractivity contribution in [1.82, 2.24) is 20.2 Å². The molecule has 3 N–H and O–H groups in total. The summed E-state index contributed by atoms with van der Waals surface area (Å²) in [6.07, 6.45) is 6.35. The zero-order valence-electron chi connectivity index (χ0n) is 13.6. The minimum atomic E-state index is 0.0230. The largest absolute Gasteiger partial charge is 0.355 e. The number of carbonyl (C=O) groups is 1. The van der Waals surface area contributed by atoms with Gasteiger partial charge in [-0.3, -0.25) is 4.79 Å². The summed E-state index contributed by atoms with van der Waals surface area (Å²) in [6, 6.07) is 9.65. The van der Waals surface area contributed by atoms with Gasteiger partial charge in [0.05, 0.1) is 5.75 Å². The molecule has 0 aliphatic heterocycles. The first kappa shape index (κ1) is 16.8. The predicted octanol–water partition coefficient (Wildman–Crippen LogP) is 2.45. The molecule has 1 aromatic heterocycles. The molecule has 0 radical (unpaired) electrons. The van der Waals surface area contributed by atoms with Crippen LogP contribution in [0.4, 0.5) is 0 Å². The summed E-state index contributed by atoms with van der Waals surface area (Å²) in [5, 5.41) is 11.8. The van der Waals surface area contributed by atoms with E-state index in [-0.39, 0.29) is 5.91 Å². The van der Waals surface area contributed by atoms with Gasteiger partial charge in [-0.25, -0.2) is 4.68 Å². The predicted molar refractivity (Wildman–Crippen MR) is 95.9 cm³/mol. The summed E-state index contributed by atoms with van der Waals surface area (Å²) in [7, 11) is 0. The van der Waals surface area contributed by atoms with Crippen LogP contribution in [0.25, 0.3) is 11.4 Å². The Kier molecular flexibility index (Phi) is 5.74. The molecule has 0 unspecified atom stereocenters. The monoisotopic (exact) mass is 345 g/mol. The van der Waals surface area contributed by atoms with E-state index >= 15 is 0 Å². The first-order valence-electron chi connectivity index (χ1n) is 8.39. The molecule has 24 heavy (non-hydrogen) atoms. The highest BCUT2D eigenvalue weighted by atomic mass is 32.2. The number of nitrogens with two attached hydrogens (primary N) is 1. The van der Waals surface area contributed by atoms with Crippen molar-refractivity contribution >= 4 is 17.7 Å². The Morgan fingerprint density at radius 1 is 1.21 bits per heavy atom. The molecule has 1 aliphatic carbocycles. The zero-order valence-corrected chi connectivity index (χ0v) is 14.5. The van der Waals surface area contributed by atoms with Crippen LogP contribution in [-0.4, -0.2) is 33.1 Å². The summed E-state index contributed by atoms with van der Waals surface area (Å²) >= 11 is 1.31.